The molecule has 1 aromatic heterocycles. The van der Waals surface area contributed by atoms with Crippen LogP contribution in [0, 0.1) is 11.8 Å². The number of anilines is 1. The number of hydrogen-bond acceptors (Lipinski definition) is 18. The van der Waals surface area contributed by atoms with Gasteiger partial charge in [0, 0.05) is 31.4 Å². The number of esters is 2. The van der Waals surface area contributed by atoms with Gasteiger partial charge < -0.3 is 50.2 Å². The first-order chi connectivity index (χ1) is 34.9. The van der Waals surface area contributed by atoms with Crippen molar-refractivity contribution in [3.8, 4) is 0 Å². The average Bonchev–Trinajstić information content (AvgIpc) is 3.33. The number of ether oxygens (including phenoxy) is 3. The van der Waals surface area contributed by atoms with Gasteiger partial charge in [-0.3, -0.25) is 28.0 Å². The third-order valence-electron chi connectivity index (χ3n) is 12.3. The Morgan fingerprint density at radius 3 is 2.16 bits per heavy atom. The van der Waals surface area contributed by atoms with Crippen LogP contribution in [0.3, 0.4) is 0 Å². The van der Waals surface area contributed by atoms with Crippen LogP contribution < -0.4 is 11.4 Å². The van der Waals surface area contributed by atoms with E-state index in [-0.39, 0.29) is 31.5 Å². The SMILES string of the molecule is CCCCC/C=C\C/C=C\C/C=C\CCCCC(=O)OC[C@@H]1COP(=O)(O)OP(=O)(O)OC[C@H]2O[C@@H](n3ccc(N)nc3=O)[C@@H](CCCCCCC(=O)O1)[C@@H](O)CC(=O)[C@H](/C=C\[C@@H](O)CCCCC)[C@H](O)[C@@H]2O. The molecule has 2 unspecified atom stereocenters. The predicted molar refractivity (Wildman–Crippen MR) is 271 cm³/mol. The fraction of sp³-hybridized carbons (Fsp3) is 0.700. The van der Waals surface area contributed by atoms with Crippen LogP contribution in [-0.4, -0.2) is 114 Å². The van der Waals surface area contributed by atoms with Gasteiger partial charge >= 0.3 is 33.3 Å². The van der Waals surface area contributed by atoms with Crippen molar-refractivity contribution in [1.29, 1.82) is 0 Å². The summed E-state index contributed by atoms with van der Waals surface area (Å²) >= 11 is 0. The van der Waals surface area contributed by atoms with Crippen LogP contribution in [0.2, 0.25) is 0 Å². The highest BCUT2D eigenvalue weighted by atomic mass is 31.3. The van der Waals surface area contributed by atoms with Gasteiger partial charge in [0.1, 0.15) is 36.6 Å². The number of allylic oxidation sites excluding steroid dienone is 6. The van der Waals surface area contributed by atoms with Crippen LogP contribution in [0.5, 0.6) is 0 Å². The van der Waals surface area contributed by atoms with Gasteiger partial charge in [-0.2, -0.15) is 9.29 Å². The summed E-state index contributed by atoms with van der Waals surface area (Å²) in [5.74, 6) is -5.09. The molecule has 0 aromatic carbocycles. The number of aromatic nitrogens is 2. The molecule has 0 spiro atoms. The molecule has 8 N–H and O–H groups in total. The van der Waals surface area contributed by atoms with E-state index < -0.39 is 120 Å². The summed E-state index contributed by atoms with van der Waals surface area (Å²) in [6.07, 6.45) is 16.3. The van der Waals surface area contributed by atoms with Gasteiger partial charge in [-0.05, 0) is 70.3 Å². The largest absolute Gasteiger partial charge is 0.481 e. The van der Waals surface area contributed by atoms with Gasteiger partial charge in [-0.25, -0.2) is 13.9 Å². The molecule has 414 valence electrons. The van der Waals surface area contributed by atoms with Crippen molar-refractivity contribution in [2.75, 3.05) is 25.6 Å². The molecule has 73 heavy (non-hydrogen) atoms. The van der Waals surface area contributed by atoms with Gasteiger partial charge in [-0.1, -0.05) is 114 Å². The smallest absolute Gasteiger partial charge is 0.462 e. The average molecular weight is 1070 g/mol. The number of cyclic esters (lactones) is 1. The molecule has 3 rings (SSSR count). The standard InChI is InChI=1S/C50H81N3O18P2/c1-3-5-7-8-9-10-11-12-13-14-15-16-17-18-23-27-45(57)66-34-38-35-67-72(62,63)71-73(64,65)68-36-43-48(60)47(59)39(30-29-37(54)25-21-6-4-2)41(55)33-42(56)40(26-22-19-20-24-28-46(58)69-38)49(70-43)53-32-31-44(51)52-50(53)61/h9-10,12-13,15-16,29-32,37-40,42-43,47-49,54,56,59-60H,3-8,11,14,17-28,33-36H2,1-2H3,(H,62,63)(H,64,65)(H2,51,52,61)/b10-9-,13-12-,16-15-,30-29-/t37-,38+,39-,40-,42-,43+,47-,48+,49+/m0/s1. The van der Waals surface area contributed by atoms with Crippen molar-refractivity contribution >= 4 is 39.2 Å². The summed E-state index contributed by atoms with van der Waals surface area (Å²) in [5, 5.41) is 45.7. The van der Waals surface area contributed by atoms with Crippen LogP contribution in [0.15, 0.2) is 65.7 Å². The molecule has 2 aliphatic heterocycles. The highest BCUT2D eigenvalue weighted by Gasteiger charge is 2.45. The maximum Gasteiger partial charge on any atom is 0.481 e. The van der Waals surface area contributed by atoms with E-state index in [0.29, 0.717) is 44.9 Å². The first kappa shape index (κ1) is 63.6. The number of carbonyl (C=O) groups is 3. The molecule has 2 fully saturated rings. The Morgan fingerprint density at radius 1 is 0.863 bits per heavy atom. The van der Waals surface area contributed by atoms with Crippen molar-refractivity contribution < 1.29 is 81.3 Å². The minimum Gasteiger partial charge on any atom is -0.462 e. The fourth-order valence-corrected chi connectivity index (χ4v) is 10.3. The number of fused-ring (bicyclic) bond motifs is 3. The molecule has 0 amide bonds. The van der Waals surface area contributed by atoms with Crippen molar-refractivity contribution in [2.24, 2.45) is 11.8 Å². The molecule has 23 heteroatoms. The number of carbonyl (C=O) groups excluding carboxylic acids is 3. The van der Waals surface area contributed by atoms with E-state index in [4.69, 9.17) is 29.0 Å². The Morgan fingerprint density at radius 2 is 1.49 bits per heavy atom. The first-order valence-electron chi connectivity index (χ1n) is 25.8. The second kappa shape index (κ2) is 34.8. The number of aliphatic hydroxyl groups is 4. The lowest BCUT2D eigenvalue weighted by atomic mass is 9.83. The van der Waals surface area contributed by atoms with Gasteiger partial charge in [0.2, 0.25) is 0 Å². The highest BCUT2D eigenvalue weighted by Crippen LogP contribution is 2.60. The molecule has 0 radical (unpaired) electrons. The molecular formula is C50H81N3O18P2. The molecule has 2 saturated heterocycles. The van der Waals surface area contributed by atoms with Gasteiger partial charge in [0.15, 0.2) is 6.10 Å². The van der Waals surface area contributed by atoms with Crippen LogP contribution in [0.1, 0.15) is 155 Å². The summed E-state index contributed by atoms with van der Waals surface area (Å²) in [4.78, 5) is 78.0. The van der Waals surface area contributed by atoms with Crippen LogP contribution in [-0.2, 0) is 51.1 Å². The van der Waals surface area contributed by atoms with Gasteiger partial charge in [-0.15, -0.1) is 0 Å². The summed E-state index contributed by atoms with van der Waals surface area (Å²) < 4.78 is 58.9. The number of unbranched alkanes of at least 4 members (excludes halogenated alkanes) is 7. The Kier molecular flexibility index (Phi) is 30.3. The van der Waals surface area contributed by atoms with Crippen LogP contribution >= 0.6 is 15.6 Å². The number of phosphoric acid groups is 2. The Bertz CT molecular complexity index is 2080. The number of nitrogen functional groups attached to an aromatic ring is 1. The maximum atomic E-state index is 14.0. The Hall–Kier alpha value is -3.69. The highest BCUT2D eigenvalue weighted by molar-refractivity contribution is 7.61. The topological polar surface area (TPSA) is 323 Å². The van der Waals surface area contributed by atoms with E-state index in [1.807, 2.05) is 13.0 Å². The second-order valence-corrected chi connectivity index (χ2v) is 21.5. The summed E-state index contributed by atoms with van der Waals surface area (Å²) in [6, 6.07) is 1.24. The number of hydrogen-bond donors (Lipinski definition) is 7. The van der Waals surface area contributed by atoms with E-state index in [2.05, 4.69) is 46.6 Å². The Balaban J connectivity index is 1.78. The summed E-state index contributed by atoms with van der Waals surface area (Å²) in [6.45, 7) is 1.42. The molecular weight excluding hydrogens is 993 g/mol. The molecule has 1 aromatic rings. The molecule has 2 bridgehead atoms. The van der Waals surface area contributed by atoms with Crippen molar-refractivity contribution in [1.82, 2.24) is 9.55 Å². The Labute approximate surface area is 429 Å². The zero-order valence-electron chi connectivity index (χ0n) is 42.4. The number of rotatable bonds is 22. The van der Waals surface area contributed by atoms with Crippen LogP contribution in [0.4, 0.5) is 5.82 Å². The normalized spacial score (nSPS) is 29.5. The third kappa shape index (κ3) is 25.6. The van der Waals surface area contributed by atoms with Crippen molar-refractivity contribution in [3.05, 3.63) is 71.4 Å². The lowest BCUT2D eigenvalue weighted by Crippen LogP contribution is -2.51. The molecule has 0 saturated carbocycles. The third-order valence-corrected chi connectivity index (χ3v) is 14.9. The minimum absolute atomic E-state index is 0.0328. The van der Waals surface area contributed by atoms with Gasteiger partial charge in [0.25, 0.3) is 0 Å². The summed E-state index contributed by atoms with van der Waals surface area (Å²) in [5.41, 5.74) is 4.77. The number of nitrogens with two attached hydrogens (primary N) is 1. The molecule has 21 nitrogen and oxygen atoms in total. The van der Waals surface area contributed by atoms with Crippen molar-refractivity contribution in [3.63, 3.8) is 0 Å². The van der Waals surface area contributed by atoms with E-state index in [9.17, 15) is 58.5 Å². The lowest BCUT2D eigenvalue weighted by Gasteiger charge is -2.39. The number of ketones is 1. The van der Waals surface area contributed by atoms with Gasteiger partial charge in [0.05, 0.1) is 37.4 Å². The monoisotopic (exact) mass is 1070 g/mol. The quantitative estimate of drug-likeness (QED) is 0.0262. The first-order valence-corrected chi connectivity index (χ1v) is 28.7. The molecule has 3 heterocycles. The van der Waals surface area contributed by atoms with E-state index in [1.54, 1.807) is 0 Å². The summed E-state index contributed by atoms with van der Waals surface area (Å²) in [7, 11) is -11.3. The van der Waals surface area contributed by atoms with Crippen LogP contribution in [0.25, 0.3) is 0 Å². The van der Waals surface area contributed by atoms with Crippen molar-refractivity contribution in [2.45, 2.75) is 192 Å². The molecule has 0 aliphatic carbocycles. The lowest BCUT2D eigenvalue weighted by molar-refractivity contribution is -0.188. The van der Waals surface area contributed by atoms with E-state index in [0.717, 1.165) is 43.1 Å². The van der Waals surface area contributed by atoms with E-state index in [1.165, 1.54) is 43.7 Å². The number of phosphoric ester groups is 2. The minimum atomic E-state index is -5.72. The predicted octanol–water partition coefficient (Wildman–Crippen LogP) is 7.14. The number of Topliss-reactive ketones (excluding diaryl/α,β-unsaturated/α-hetero) is 1. The molecule has 2 aliphatic rings. The number of aliphatic hydroxyl groups excluding tert-OH is 4. The number of nitrogens with zero attached hydrogens (tertiary/aromatic N) is 2. The zero-order valence-corrected chi connectivity index (χ0v) is 44.2. The van der Waals surface area contributed by atoms with E-state index >= 15 is 0 Å². The maximum absolute atomic E-state index is 14.0. The molecule has 11 atom stereocenters. The fourth-order valence-electron chi connectivity index (χ4n) is 8.17. The zero-order chi connectivity index (χ0) is 53.7. The second-order valence-electron chi connectivity index (χ2n) is 18.4.